The number of carbonyl (C=O) groups is 2. The van der Waals surface area contributed by atoms with Crippen LogP contribution in [0.2, 0.25) is 0 Å². The second-order valence-corrected chi connectivity index (χ2v) is 9.21. The number of anilines is 2. The number of nitrogens with one attached hydrogen (secondary N) is 2. The fourth-order valence-corrected chi connectivity index (χ4v) is 5.02. The van der Waals surface area contributed by atoms with Gasteiger partial charge in [-0.15, -0.1) is 11.3 Å². The molecule has 8 nitrogen and oxygen atoms in total. The van der Waals surface area contributed by atoms with Crippen LogP contribution in [0.3, 0.4) is 0 Å². The van der Waals surface area contributed by atoms with Gasteiger partial charge in [0.2, 0.25) is 0 Å². The van der Waals surface area contributed by atoms with E-state index in [0.717, 1.165) is 11.3 Å². The molecule has 1 amide bonds. The summed E-state index contributed by atoms with van der Waals surface area (Å²) < 4.78 is 32.8. The van der Waals surface area contributed by atoms with E-state index < -0.39 is 21.9 Å². The number of para-hydroxylation sites is 1. The summed E-state index contributed by atoms with van der Waals surface area (Å²) in [7, 11) is -3.92. The van der Waals surface area contributed by atoms with Crippen LogP contribution in [-0.4, -0.2) is 26.9 Å². The predicted molar refractivity (Wildman–Crippen MR) is 121 cm³/mol. The highest BCUT2D eigenvalue weighted by atomic mass is 32.2. The highest BCUT2D eigenvalue weighted by molar-refractivity contribution is 7.92. The molecule has 10 heteroatoms. The third-order valence-electron chi connectivity index (χ3n) is 4.42. The molecule has 32 heavy (non-hydrogen) atoms. The number of hydrogen-bond acceptors (Lipinski definition) is 7. The number of nitrogens with zero attached hydrogens (tertiary/aromatic N) is 1. The summed E-state index contributed by atoms with van der Waals surface area (Å²) in [6.07, 6.45) is 0. The Hall–Kier alpha value is -3.68. The lowest BCUT2D eigenvalue weighted by Gasteiger charge is -2.12. The van der Waals surface area contributed by atoms with Crippen molar-refractivity contribution in [3.63, 3.8) is 0 Å². The molecule has 3 rings (SSSR count). The second-order valence-electron chi connectivity index (χ2n) is 6.51. The lowest BCUT2D eigenvalue weighted by atomic mass is 10.1. The third kappa shape index (κ3) is 4.80. The molecule has 0 aliphatic heterocycles. The Morgan fingerprint density at radius 3 is 2.41 bits per heavy atom. The summed E-state index contributed by atoms with van der Waals surface area (Å²) in [4.78, 5) is 25.4. The maximum Gasteiger partial charge on any atom is 0.348 e. The van der Waals surface area contributed by atoms with Gasteiger partial charge >= 0.3 is 5.97 Å². The number of esters is 1. The summed E-state index contributed by atoms with van der Waals surface area (Å²) in [5.74, 6) is -1.22. The number of rotatable bonds is 7. The Morgan fingerprint density at radius 1 is 1.09 bits per heavy atom. The first-order chi connectivity index (χ1) is 15.3. The first-order valence-corrected chi connectivity index (χ1v) is 11.8. The topological polar surface area (TPSA) is 125 Å². The molecule has 0 spiro atoms. The lowest BCUT2D eigenvalue weighted by Crippen LogP contribution is -2.18. The molecule has 0 atom stereocenters. The molecule has 2 aromatic carbocycles. The van der Waals surface area contributed by atoms with Crippen LogP contribution < -0.4 is 10.0 Å². The standard InChI is InChI=1S/C22H19N3O5S2/c1-3-30-22(27)19-14(2)17(13-23)21(31-19)24-20(26)16-11-7-8-12-18(16)25-32(28,29)15-9-5-4-6-10-15/h4-12,25H,3H2,1-2H3,(H,24,26). The highest BCUT2D eigenvalue weighted by Crippen LogP contribution is 2.34. The van der Waals surface area contributed by atoms with Crippen LogP contribution in [0.5, 0.6) is 0 Å². The van der Waals surface area contributed by atoms with Crippen molar-refractivity contribution in [2.24, 2.45) is 0 Å². The Balaban J connectivity index is 1.92. The van der Waals surface area contributed by atoms with Crippen LogP contribution in [0.1, 0.15) is 38.1 Å². The van der Waals surface area contributed by atoms with Gasteiger partial charge in [-0.2, -0.15) is 5.26 Å². The van der Waals surface area contributed by atoms with E-state index in [2.05, 4.69) is 10.0 Å². The van der Waals surface area contributed by atoms with E-state index >= 15 is 0 Å². The van der Waals surface area contributed by atoms with Crippen molar-refractivity contribution >= 4 is 43.9 Å². The SMILES string of the molecule is CCOC(=O)c1sc(NC(=O)c2ccccc2NS(=O)(=O)c2ccccc2)c(C#N)c1C. The zero-order valence-corrected chi connectivity index (χ0v) is 18.8. The molecule has 1 heterocycles. The fourth-order valence-electron chi connectivity index (χ4n) is 2.87. The van der Waals surface area contributed by atoms with E-state index in [0.29, 0.717) is 5.56 Å². The average Bonchev–Trinajstić information content (AvgIpc) is 3.09. The van der Waals surface area contributed by atoms with Crippen molar-refractivity contribution in [1.82, 2.24) is 0 Å². The number of sulfonamides is 1. The number of benzene rings is 2. The zero-order valence-electron chi connectivity index (χ0n) is 17.2. The van der Waals surface area contributed by atoms with Crippen molar-refractivity contribution < 1.29 is 22.7 Å². The molecule has 0 fully saturated rings. The quantitative estimate of drug-likeness (QED) is 0.501. The largest absolute Gasteiger partial charge is 0.462 e. The number of thiophene rings is 1. The Labute approximate surface area is 189 Å². The molecule has 164 valence electrons. The first-order valence-electron chi connectivity index (χ1n) is 9.47. The van der Waals surface area contributed by atoms with E-state index in [4.69, 9.17) is 4.74 Å². The van der Waals surface area contributed by atoms with Crippen molar-refractivity contribution in [1.29, 1.82) is 5.26 Å². The first kappa shape index (κ1) is 23.0. The van der Waals surface area contributed by atoms with E-state index in [-0.39, 0.29) is 38.2 Å². The number of hydrogen-bond donors (Lipinski definition) is 2. The van der Waals surface area contributed by atoms with Gasteiger partial charge in [-0.3, -0.25) is 9.52 Å². The van der Waals surface area contributed by atoms with E-state index in [1.54, 1.807) is 44.2 Å². The molecule has 0 aliphatic carbocycles. The van der Waals surface area contributed by atoms with E-state index in [9.17, 15) is 23.3 Å². The van der Waals surface area contributed by atoms with Gasteiger partial charge in [-0.05, 0) is 43.7 Å². The van der Waals surface area contributed by atoms with Gasteiger partial charge in [0, 0.05) is 0 Å². The number of carbonyl (C=O) groups excluding carboxylic acids is 2. The molecule has 0 radical (unpaired) electrons. The van der Waals surface area contributed by atoms with Gasteiger partial charge < -0.3 is 10.1 Å². The van der Waals surface area contributed by atoms with Gasteiger partial charge in [0.25, 0.3) is 15.9 Å². The minimum Gasteiger partial charge on any atom is -0.462 e. The number of ether oxygens (including phenoxy) is 1. The zero-order chi connectivity index (χ0) is 23.3. The van der Waals surface area contributed by atoms with Crippen LogP contribution in [-0.2, 0) is 14.8 Å². The maximum absolute atomic E-state index is 13.0. The number of amides is 1. The Morgan fingerprint density at radius 2 is 1.75 bits per heavy atom. The van der Waals surface area contributed by atoms with Gasteiger partial charge in [-0.1, -0.05) is 30.3 Å². The van der Waals surface area contributed by atoms with Gasteiger partial charge in [-0.25, -0.2) is 13.2 Å². The molecule has 3 aromatic rings. The molecular weight excluding hydrogens is 450 g/mol. The summed E-state index contributed by atoms with van der Waals surface area (Å²) in [5, 5.41) is 12.3. The second kappa shape index (κ2) is 9.64. The molecular formula is C22H19N3O5S2. The highest BCUT2D eigenvalue weighted by Gasteiger charge is 2.24. The van der Waals surface area contributed by atoms with Gasteiger partial charge in [0.1, 0.15) is 15.9 Å². The average molecular weight is 470 g/mol. The molecule has 0 unspecified atom stereocenters. The Bertz CT molecular complexity index is 1310. The summed E-state index contributed by atoms with van der Waals surface area (Å²) >= 11 is 0.930. The van der Waals surface area contributed by atoms with E-state index in [1.165, 1.54) is 24.3 Å². The fraction of sp³-hybridized carbons (Fsp3) is 0.136. The molecule has 0 aliphatic rings. The monoisotopic (exact) mass is 469 g/mol. The minimum absolute atomic E-state index is 0.0509. The molecule has 2 N–H and O–H groups in total. The van der Waals surface area contributed by atoms with Gasteiger partial charge in [0.05, 0.1) is 28.3 Å². The molecule has 0 bridgehead atoms. The van der Waals surface area contributed by atoms with Crippen LogP contribution in [0, 0.1) is 18.3 Å². The summed E-state index contributed by atoms with van der Waals surface area (Å²) in [6, 6.07) is 15.8. The van der Waals surface area contributed by atoms with Crippen LogP contribution in [0.4, 0.5) is 10.7 Å². The summed E-state index contributed by atoms with van der Waals surface area (Å²) in [5.41, 5.74) is 0.684. The predicted octanol–water partition coefficient (Wildman–Crippen LogP) is 4.16. The lowest BCUT2D eigenvalue weighted by molar-refractivity contribution is 0.0531. The molecule has 1 aromatic heterocycles. The molecule has 0 saturated heterocycles. The minimum atomic E-state index is -3.92. The summed E-state index contributed by atoms with van der Waals surface area (Å²) in [6.45, 7) is 3.44. The van der Waals surface area contributed by atoms with Crippen LogP contribution in [0.15, 0.2) is 59.5 Å². The maximum atomic E-state index is 13.0. The van der Waals surface area contributed by atoms with Crippen LogP contribution >= 0.6 is 11.3 Å². The van der Waals surface area contributed by atoms with Crippen molar-refractivity contribution in [3.8, 4) is 6.07 Å². The van der Waals surface area contributed by atoms with Crippen molar-refractivity contribution in [2.75, 3.05) is 16.6 Å². The molecule has 0 saturated carbocycles. The van der Waals surface area contributed by atoms with Gasteiger partial charge in [0.15, 0.2) is 0 Å². The van der Waals surface area contributed by atoms with E-state index in [1.807, 2.05) is 6.07 Å². The van der Waals surface area contributed by atoms with Crippen LogP contribution in [0.25, 0.3) is 0 Å². The number of nitriles is 1. The van der Waals surface area contributed by atoms with Crippen molar-refractivity contribution in [3.05, 3.63) is 76.2 Å². The van der Waals surface area contributed by atoms with Crippen molar-refractivity contribution in [2.45, 2.75) is 18.7 Å². The normalized spacial score (nSPS) is 10.8. The smallest absolute Gasteiger partial charge is 0.348 e. The Kier molecular flexibility index (Phi) is 6.92. The third-order valence-corrected chi connectivity index (χ3v) is 6.98.